The summed E-state index contributed by atoms with van der Waals surface area (Å²) in [5.41, 5.74) is 3.51. The molecule has 1 atom stereocenters. The van der Waals surface area contributed by atoms with Crippen molar-refractivity contribution in [2.45, 2.75) is 96.8 Å². The molecule has 0 aromatic carbocycles. The van der Waals surface area contributed by atoms with E-state index in [4.69, 9.17) is 4.74 Å². The van der Waals surface area contributed by atoms with Gasteiger partial charge in [0.1, 0.15) is 6.61 Å². The van der Waals surface area contributed by atoms with Gasteiger partial charge in [0, 0.05) is 6.61 Å². The van der Waals surface area contributed by atoms with E-state index in [9.17, 15) is 9.46 Å². The van der Waals surface area contributed by atoms with Crippen LogP contribution < -0.4 is 10.6 Å². The van der Waals surface area contributed by atoms with E-state index < -0.39 is 7.82 Å². The summed E-state index contributed by atoms with van der Waals surface area (Å²) in [7, 11) is -4.17. The van der Waals surface area contributed by atoms with Crippen LogP contribution in [-0.2, 0) is 18.3 Å². The quantitative estimate of drug-likeness (QED) is 0.213. The van der Waals surface area contributed by atoms with E-state index in [2.05, 4.69) is 21.7 Å². The monoisotopic (exact) mass is 409 g/mol. The molecule has 7 heteroatoms. The van der Waals surface area contributed by atoms with Crippen LogP contribution in [0.25, 0.3) is 0 Å². The van der Waals surface area contributed by atoms with E-state index >= 15 is 0 Å². The maximum Gasteiger partial charge on any atom is 0.268 e. The average Bonchev–Trinajstić information content (AvgIpc) is 2.65. The Labute approximate surface area is 167 Å². The van der Waals surface area contributed by atoms with Crippen LogP contribution >= 0.6 is 7.82 Å². The second-order valence-corrected chi connectivity index (χ2v) is 8.59. The number of ether oxygens (including phenoxy) is 1. The highest BCUT2D eigenvalue weighted by atomic mass is 31.2. The molecular formula is C20H44NO5P. The lowest BCUT2D eigenvalue weighted by atomic mass is 10.0. The van der Waals surface area contributed by atoms with E-state index in [1.54, 1.807) is 0 Å². The summed E-state index contributed by atoms with van der Waals surface area (Å²) in [6, 6.07) is 0. The van der Waals surface area contributed by atoms with Crippen molar-refractivity contribution in [1.82, 2.24) is 0 Å². The lowest BCUT2D eigenvalue weighted by molar-refractivity contribution is -0.373. The van der Waals surface area contributed by atoms with Gasteiger partial charge in [-0.3, -0.25) is 4.57 Å². The topological polar surface area (TPSA) is 95.5 Å². The molecule has 0 fully saturated rings. The predicted octanol–water partition coefficient (Wildman–Crippen LogP) is 4.23. The molecule has 0 spiro atoms. The zero-order chi connectivity index (χ0) is 20.1. The van der Waals surface area contributed by atoms with Gasteiger partial charge in [-0.05, 0) is 6.42 Å². The first-order valence-electron chi connectivity index (χ1n) is 11.1. The molecule has 0 radical (unpaired) electrons. The Morgan fingerprint density at radius 2 is 1.11 bits per heavy atom. The van der Waals surface area contributed by atoms with Gasteiger partial charge in [-0.15, -0.1) is 0 Å². The number of quaternary nitrogens is 1. The van der Waals surface area contributed by atoms with Crippen LogP contribution in [-0.4, -0.2) is 33.0 Å². The number of phosphoric acid groups is 1. The van der Waals surface area contributed by atoms with Gasteiger partial charge in [0.25, 0.3) is 7.82 Å². The minimum absolute atomic E-state index is 0.0104. The van der Waals surface area contributed by atoms with Crippen LogP contribution in [0.3, 0.4) is 0 Å². The molecule has 0 saturated carbocycles. The average molecular weight is 410 g/mol. The highest BCUT2D eigenvalue weighted by Crippen LogP contribution is 2.37. The molecule has 0 aliphatic heterocycles. The summed E-state index contributed by atoms with van der Waals surface area (Å²) in [6.07, 6.45) is 18.6. The number of unbranched alkanes of at least 4 members (excludes halogenated alkanes) is 13. The zero-order valence-corrected chi connectivity index (χ0v) is 18.5. The fraction of sp³-hybridized carbons (Fsp3) is 1.00. The molecule has 164 valence electrons. The molecule has 0 bridgehead atoms. The molecule has 27 heavy (non-hydrogen) atoms. The first-order valence-corrected chi connectivity index (χ1v) is 12.6. The lowest BCUT2D eigenvalue weighted by Crippen LogP contribution is -2.52. The lowest BCUT2D eigenvalue weighted by Gasteiger charge is -2.21. The smallest absolute Gasteiger partial charge is 0.268 e. The van der Waals surface area contributed by atoms with Crippen molar-refractivity contribution in [2.24, 2.45) is 0 Å². The summed E-state index contributed by atoms with van der Waals surface area (Å²) in [5.74, 6) is 0. The molecule has 6 nitrogen and oxygen atoms in total. The molecule has 1 unspecified atom stereocenters. The molecule has 0 heterocycles. The Kier molecular flexibility index (Phi) is 20.8. The fourth-order valence-corrected chi connectivity index (χ4v) is 3.65. The molecule has 0 amide bonds. The van der Waals surface area contributed by atoms with Crippen LogP contribution in [0.1, 0.15) is 96.8 Å². The first-order chi connectivity index (χ1) is 13.1. The number of hydrogen-bond acceptors (Lipinski definition) is 5. The Morgan fingerprint density at radius 3 is 1.59 bits per heavy atom. The second-order valence-electron chi connectivity index (χ2n) is 7.18. The van der Waals surface area contributed by atoms with Crippen molar-refractivity contribution in [3.8, 4) is 0 Å². The molecule has 0 aromatic heterocycles. The Balaban J connectivity index is 3.14. The van der Waals surface area contributed by atoms with Crippen LogP contribution in [0.5, 0.6) is 0 Å². The zero-order valence-electron chi connectivity index (χ0n) is 17.6. The van der Waals surface area contributed by atoms with Gasteiger partial charge in [0.15, 0.2) is 0 Å². The van der Waals surface area contributed by atoms with Gasteiger partial charge in [0.05, 0.1) is 19.8 Å². The SMILES string of the molecule is CCCCCCCCCCCCCCCCOCCOP(=O)([O-])OCC[NH3+]. The summed E-state index contributed by atoms with van der Waals surface area (Å²) in [6.45, 7) is 3.66. The Morgan fingerprint density at radius 1 is 0.667 bits per heavy atom. The standard InChI is InChI=1S/C20H44NO5P/c1-2-3-4-5-6-7-8-9-10-11-12-13-14-15-17-24-19-20-26-27(22,23)25-18-16-21/h2-21H2,1H3,(H,22,23). The third-order valence-corrected chi connectivity index (χ3v) is 5.51. The van der Waals surface area contributed by atoms with E-state index in [0.29, 0.717) is 13.2 Å². The molecule has 0 saturated heterocycles. The fourth-order valence-electron chi connectivity index (χ4n) is 2.92. The van der Waals surface area contributed by atoms with E-state index in [1.165, 1.54) is 83.5 Å². The summed E-state index contributed by atoms with van der Waals surface area (Å²) in [4.78, 5) is 11.3. The van der Waals surface area contributed by atoms with Gasteiger partial charge in [0.2, 0.25) is 0 Å². The minimum Gasteiger partial charge on any atom is -0.756 e. The molecule has 0 aliphatic rings. The molecular weight excluding hydrogens is 365 g/mol. The molecule has 0 aliphatic carbocycles. The van der Waals surface area contributed by atoms with Crippen LogP contribution in [0, 0.1) is 0 Å². The van der Waals surface area contributed by atoms with Gasteiger partial charge in [-0.25, -0.2) is 0 Å². The number of hydrogen-bond donors (Lipinski definition) is 1. The number of phosphoric ester groups is 1. The van der Waals surface area contributed by atoms with Gasteiger partial charge < -0.3 is 24.4 Å². The summed E-state index contributed by atoms with van der Waals surface area (Å²) < 4.78 is 25.9. The predicted molar refractivity (Wildman–Crippen MR) is 108 cm³/mol. The number of rotatable bonds is 22. The van der Waals surface area contributed by atoms with Crippen molar-refractivity contribution in [3.05, 3.63) is 0 Å². The second kappa shape index (κ2) is 20.8. The van der Waals surface area contributed by atoms with Crippen molar-refractivity contribution >= 4 is 7.82 Å². The van der Waals surface area contributed by atoms with Crippen LogP contribution in [0.2, 0.25) is 0 Å². The van der Waals surface area contributed by atoms with E-state index in [-0.39, 0.29) is 19.8 Å². The van der Waals surface area contributed by atoms with E-state index in [1.807, 2.05) is 0 Å². The van der Waals surface area contributed by atoms with Crippen LogP contribution in [0.4, 0.5) is 0 Å². The summed E-state index contributed by atoms with van der Waals surface area (Å²) in [5, 5.41) is 0. The highest BCUT2D eigenvalue weighted by molar-refractivity contribution is 7.45. The van der Waals surface area contributed by atoms with Crippen molar-refractivity contribution in [3.63, 3.8) is 0 Å². The highest BCUT2D eigenvalue weighted by Gasteiger charge is 2.08. The normalized spacial score (nSPS) is 13.7. The van der Waals surface area contributed by atoms with Crippen LogP contribution in [0.15, 0.2) is 0 Å². The summed E-state index contributed by atoms with van der Waals surface area (Å²) >= 11 is 0. The van der Waals surface area contributed by atoms with Gasteiger partial charge >= 0.3 is 0 Å². The molecule has 0 aromatic rings. The Bertz CT molecular complexity index is 344. The largest absolute Gasteiger partial charge is 0.756 e. The van der Waals surface area contributed by atoms with Gasteiger partial charge in [-0.2, -0.15) is 0 Å². The van der Waals surface area contributed by atoms with Crippen molar-refractivity contribution in [1.29, 1.82) is 0 Å². The van der Waals surface area contributed by atoms with Gasteiger partial charge in [-0.1, -0.05) is 90.4 Å². The van der Waals surface area contributed by atoms with E-state index in [0.717, 1.165) is 6.42 Å². The van der Waals surface area contributed by atoms with Crippen molar-refractivity contribution in [2.75, 3.05) is 33.0 Å². The molecule has 0 rings (SSSR count). The van der Waals surface area contributed by atoms with Crippen molar-refractivity contribution < 1.29 is 29.0 Å². The minimum atomic E-state index is -4.17. The third-order valence-electron chi connectivity index (χ3n) is 4.51. The molecule has 3 N–H and O–H groups in total. The first kappa shape index (κ1) is 27.0. The maximum absolute atomic E-state index is 11.3. The maximum atomic E-state index is 11.3. The third kappa shape index (κ3) is 22.2. The Hall–Kier alpha value is 0.0300.